The molecule has 1 aliphatic carbocycles. The van der Waals surface area contributed by atoms with Crippen molar-refractivity contribution in [3.8, 4) is 0 Å². The Balaban J connectivity index is 0.000000230. The Kier molecular flexibility index (Phi) is 32.7. The molecule has 1 fully saturated rings. The fourth-order valence-electron chi connectivity index (χ4n) is 10.4. The van der Waals surface area contributed by atoms with E-state index in [0.29, 0.717) is 72.8 Å². The number of hydrogen-bond acceptors (Lipinski definition) is 16. The van der Waals surface area contributed by atoms with Crippen LogP contribution in [0.15, 0.2) is 207 Å². The van der Waals surface area contributed by atoms with Crippen LogP contribution in [0.2, 0.25) is 25.1 Å². The number of carbonyl (C=O) groups is 4. The number of halogens is 5. The summed E-state index contributed by atoms with van der Waals surface area (Å²) in [7, 11) is -18.0. The van der Waals surface area contributed by atoms with Crippen LogP contribution in [0.1, 0.15) is 126 Å². The fraction of sp³-hybridized carbons (Fsp3) is 0.317. The van der Waals surface area contributed by atoms with E-state index >= 15 is 0 Å². The van der Waals surface area contributed by atoms with E-state index in [1.54, 1.807) is 64.1 Å². The molecule has 0 spiro atoms. The molecule has 0 radical (unpaired) electrons. The van der Waals surface area contributed by atoms with Crippen LogP contribution in [-0.4, -0.2) is 94.5 Å². The molecule has 4 amide bonds. The number of carbonyl (C=O) groups excluding carboxylic acids is 4. The summed E-state index contributed by atoms with van der Waals surface area (Å²) < 4.78 is 158. The molecule has 1 saturated carbocycles. The highest BCUT2D eigenvalue weighted by Crippen LogP contribution is 2.33. The minimum atomic E-state index is -4.05. The minimum Gasteiger partial charge on any atom is -0.322 e. The van der Waals surface area contributed by atoms with Gasteiger partial charge in [0.2, 0.25) is 5.78 Å². The van der Waals surface area contributed by atoms with E-state index in [1.807, 2.05) is 50.2 Å². The summed E-state index contributed by atoms with van der Waals surface area (Å²) >= 11 is 29.9. The average Bonchev–Trinajstić information content (AvgIpc) is 1.45. The molecule has 10 rings (SSSR count). The number of amides is 4. The third-order valence-electron chi connectivity index (χ3n) is 15.7. The van der Waals surface area contributed by atoms with Crippen LogP contribution in [-0.2, 0) is 91.2 Å². The van der Waals surface area contributed by atoms with Gasteiger partial charge in [0.25, 0.3) is 31.9 Å². The zero-order chi connectivity index (χ0) is 88.4. The van der Waals surface area contributed by atoms with Gasteiger partial charge in [-0.25, -0.2) is 56.9 Å². The Bertz CT molecular complexity index is 5670. The van der Waals surface area contributed by atoms with E-state index in [9.17, 15) is 61.3 Å². The van der Waals surface area contributed by atoms with E-state index in [1.165, 1.54) is 109 Å². The third-order valence-corrected chi connectivity index (χ3v) is 23.0. The van der Waals surface area contributed by atoms with Crippen LogP contribution in [0, 0.1) is 35.5 Å². The molecule has 7 aromatic carbocycles. The van der Waals surface area contributed by atoms with Crippen molar-refractivity contribution < 1.29 is 66.8 Å². The van der Waals surface area contributed by atoms with Crippen molar-refractivity contribution in [2.24, 2.45) is 35.5 Å². The Morgan fingerprint density at radius 2 is 0.737 bits per heavy atom. The first-order valence-electron chi connectivity index (χ1n) is 37.6. The molecule has 9 aromatic rings. The lowest BCUT2D eigenvalue weighted by Crippen LogP contribution is -2.25. The van der Waals surface area contributed by atoms with E-state index in [2.05, 4.69) is 68.4 Å². The van der Waals surface area contributed by atoms with E-state index in [4.69, 9.17) is 63.5 Å². The van der Waals surface area contributed by atoms with Crippen LogP contribution in [0.3, 0.4) is 0 Å². The molecule has 0 atom stereocenters. The largest absolute Gasteiger partial charge is 0.324 e. The van der Waals surface area contributed by atoms with Crippen molar-refractivity contribution in [3.05, 3.63) is 241 Å². The average molecular weight is 1760 g/mol. The number of para-hydroxylation sites is 1. The van der Waals surface area contributed by atoms with Crippen LogP contribution >= 0.6 is 58.0 Å². The first kappa shape index (κ1) is 87.9. The van der Waals surface area contributed by atoms with Crippen molar-refractivity contribution in [2.45, 2.75) is 139 Å². The number of ketones is 1. The summed E-state index contributed by atoms with van der Waals surface area (Å²) in [6.07, 6.45) is 6.56. The smallest absolute Gasteiger partial charge is 0.322 e. The molecule has 1 aliphatic rings. The minimum absolute atomic E-state index is 0.00442. The van der Waals surface area contributed by atoms with Gasteiger partial charge < -0.3 is 16.0 Å². The summed E-state index contributed by atoms with van der Waals surface area (Å²) in [5.74, 6) is -0.0324. The lowest BCUT2D eigenvalue weighted by molar-refractivity contribution is -0.135. The maximum absolute atomic E-state index is 12.7. The van der Waals surface area contributed by atoms with Gasteiger partial charge in [-0.2, -0.15) is 0 Å². The highest BCUT2D eigenvalue weighted by atomic mass is 35.5. The van der Waals surface area contributed by atoms with Gasteiger partial charge >= 0.3 is 6.03 Å². The summed E-state index contributed by atoms with van der Waals surface area (Å²) in [6.45, 7) is 19.3. The maximum atomic E-state index is 12.7. The van der Waals surface area contributed by atoms with Crippen LogP contribution < -0.4 is 30.7 Å². The molecular formula is C82H95Cl5N8O14S5. The second-order valence-corrected chi connectivity index (χ2v) is 40.0. The number of anilines is 6. The van der Waals surface area contributed by atoms with Gasteiger partial charge in [0.1, 0.15) is 11.6 Å². The van der Waals surface area contributed by atoms with E-state index in [0.717, 1.165) is 66.8 Å². The number of urea groups is 1. The van der Waals surface area contributed by atoms with E-state index in [-0.39, 0.29) is 70.0 Å². The summed E-state index contributed by atoms with van der Waals surface area (Å²) in [4.78, 5) is 56.3. The van der Waals surface area contributed by atoms with Gasteiger partial charge in [-0.15, -0.1) is 0 Å². The Hall–Kier alpha value is -8.48. The van der Waals surface area contributed by atoms with Gasteiger partial charge in [0.15, 0.2) is 29.5 Å². The second kappa shape index (κ2) is 42.4. The highest BCUT2D eigenvalue weighted by molar-refractivity contribution is 7.93. The number of nitrogens with zero attached hydrogens (tertiary/aromatic N) is 2. The highest BCUT2D eigenvalue weighted by Gasteiger charge is 2.35. The Morgan fingerprint density at radius 1 is 0.395 bits per heavy atom. The summed E-state index contributed by atoms with van der Waals surface area (Å²) in [6, 6.07) is 41.9. The first-order chi connectivity index (χ1) is 54.7. The molecule has 0 aliphatic heterocycles. The zero-order valence-corrected chi connectivity index (χ0v) is 72.7. The predicted molar refractivity (Wildman–Crippen MR) is 459 cm³/mol. The fourth-order valence-corrected chi connectivity index (χ4v) is 15.4. The predicted octanol–water partition coefficient (Wildman–Crippen LogP) is 19.1. The van der Waals surface area contributed by atoms with E-state index < -0.39 is 80.0 Å². The number of benzene rings is 7. The Labute approximate surface area is 701 Å². The van der Waals surface area contributed by atoms with Gasteiger partial charge in [-0.1, -0.05) is 145 Å². The van der Waals surface area contributed by atoms with Crippen molar-refractivity contribution in [1.82, 2.24) is 9.97 Å². The molecule has 114 heavy (non-hydrogen) atoms. The molecule has 2 heterocycles. The molecule has 22 nitrogen and oxygen atoms in total. The number of pyridine rings is 2. The second-order valence-electron chi connectivity index (χ2n) is 28.4. The molecule has 612 valence electrons. The summed E-state index contributed by atoms with van der Waals surface area (Å²) in [5, 5.41) is 13.1. The topological polar surface area (TPSA) is 337 Å². The number of sulfone groups is 3. The SMILES string of the molecule is CC(C)Cc1cc(Cl)ccc1NS(=O)(=O)c1ccc(S(C)(=O)=O)cc1.CC(C)Cc1cc(Cl)cnc1NC(=O)C(=O)C1CC1.CC(C)Cc1cc(Cl)cnc1NC(=O)Nc1ccccc1.[2H]C([2H])(c1cc(Cl)ccc1NC(=O)c1ccc(S(C)(=O)=O)cc1)C(C)C.[2H]C([2H])(c1cc(Cl)ccc1NS(=O)(=O)c1ccc(S(C)(=O)=O)cc1)C(C)C. The molecule has 6 N–H and O–H groups in total. The van der Waals surface area contributed by atoms with Gasteiger partial charge in [-0.05, 0) is 254 Å². The summed E-state index contributed by atoms with van der Waals surface area (Å²) in [5.41, 5.74) is 4.88. The third kappa shape index (κ3) is 31.6. The molecule has 2 aromatic heterocycles. The lowest BCUT2D eigenvalue weighted by Gasteiger charge is -2.15. The molecule has 32 heteroatoms. The maximum Gasteiger partial charge on any atom is 0.324 e. The number of sulfonamides is 2. The lowest BCUT2D eigenvalue weighted by atomic mass is 10.0. The van der Waals surface area contributed by atoms with Crippen molar-refractivity contribution in [2.75, 3.05) is 49.5 Å². The zero-order valence-electron chi connectivity index (χ0n) is 68.9. The van der Waals surface area contributed by atoms with Crippen molar-refractivity contribution in [3.63, 3.8) is 0 Å². The van der Waals surface area contributed by atoms with Crippen molar-refractivity contribution >= 4 is 166 Å². The van der Waals surface area contributed by atoms with Gasteiger partial charge in [0, 0.05) is 74.6 Å². The van der Waals surface area contributed by atoms with Gasteiger partial charge in [0.05, 0.1) is 45.9 Å². The number of rotatable bonds is 26. The number of nitrogens with one attached hydrogen (secondary N) is 6. The molecule has 0 unspecified atom stereocenters. The molecule has 0 saturated heterocycles. The molecular weight excluding hydrogens is 1660 g/mol. The standard InChI is InChI=1S/C18H20ClNO3S.2C17H20ClNO4S2.C16H18ClN3O.C14H17ClN2O2/c1-12(2)10-14-11-15(19)6-9-17(14)20-18(21)13-4-7-16(8-5-13)24(3,22)23;2*1-12(2)10-13-11-14(18)4-9-17(13)19-25(22,23)16-7-5-15(6-8-16)24(3,20)21;1-11(2)8-12-9-13(17)10-18-15(12)20-16(21)19-14-6-4-3-5-7-14;1-8(2)5-10-6-11(15)7-16-13(10)17-14(19)12(18)9-3-4-9/h4-9,11-12H,10H2,1-3H3,(H,20,21);2*4-9,11-12,19H,10H2,1-3H3;3-7,9-11H,8H2,1-2H3,(H2,18,19,20,21);6-9H,3-5H2,1-2H3,(H,16,17,19)/i2*10D2;;;. The van der Waals surface area contributed by atoms with Crippen LogP contribution in [0.5, 0.6) is 0 Å². The monoisotopic (exact) mass is 1750 g/mol. The number of hydrogen-bond donors (Lipinski definition) is 6. The molecule has 0 bridgehead atoms. The normalized spacial score (nSPS) is 13.0. The quantitative estimate of drug-likeness (QED) is 0.0274. The Morgan fingerprint density at radius 3 is 1.12 bits per heavy atom. The first-order valence-corrected chi connectivity index (χ1v) is 46.1. The number of Topliss-reactive ketones (excluding diaryl/α,β-unsaturated/α-hetero) is 1. The number of aromatic nitrogens is 2. The van der Waals surface area contributed by atoms with Gasteiger partial charge in [-0.3, -0.25) is 29.1 Å². The van der Waals surface area contributed by atoms with Crippen molar-refractivity contribution in [1.29, 1.82) is 0 Å². The van der Waals surface area contributed by atoms with Crippen LogP contribution in [0.4, 0.5) is 39.2 Å². The van der Waals surface area contributed by atoms with Crippen LogP contribution in [0.25, 0.3) is 0 Å².